The van der Waals surface area contributed by atoms with Crippen LogP contribution in [0.4, 0.5) is 17.3 Å². The lowest BCUT2D eigenvalue weighted by Crippen LogP contribution is -2.41. The number of nitrogens with one attached hydrogen (secondary N) is 1. The standard InChI is InChI=1S/C30H32N6O4/c1-30(2)13-18-11-23-29(39)36(9-8-35(23)24(18)14-30)27-21(16-37)20(6-7-31-27)19-10-22(28(38)34(3)15-19)32-26-12-25(40-33-26)17-4-5-17/h6-7,10-12,15,17,37H,4-5,8-9,13-14,16H2,1-3H3,(H,32,33). The van der Waals surface area contributed by atoms with E-state index in [-0.39, 0.29) is 23.5 Å². The van der Waals surface area contributed by atoms with Crippen molar-refractivity contribution in [3.8, 4) is 11.1 Å². The summed E-state index contributed by atoms with van der Waals surface area (Å²) in [6.45, 7) is 5.35. The van der Waals surface area contributed by atoms with Gasteiger partial charge in [0.1, 0.15) is 23.0 Å². The molecule has 1 aliphatic heterocycles. The molecule has 2 aliphatic carbocycles. The predicted octanol–water partition coefficient (Wildman–Crippen LogP) is 4.14. The van der Waals surface area contributed by atoms with E-state index >= 15 is 0 Å². The van der Waals surface area contributed by atoms with Crippen molar-refractivity contribution in [3.63, 3.8) is 0 Å². The number of aliphatic hydroxyl groups excluding tert-OH is 1. The van der Waals surface area contributed by atoms with Gasteiger partial charge in [-0.05, 0) is 60.4 Å². The summed E-state index contributed by atoms with van der Waals surface area (Å²) in [5.74, 6) is 2.03. The maximum absolute atomic E-state index is 13.7. The van der Waals surface area contributed by atoms with Crippen molar-refractivity contribution in [3.05, 3.63) is 75.3 Å². The topological polar surface area (TPSA) is 118 Å². The molecular formula is C30H32N6O4. The molecule has 4 aromatic rings. The largest absolute Gasteiger partial charge is 0.392 e. The summed E-state index contributed by atoms with van der Waals surface area (Å²) in [5, 5.41) is 17.7. The molecule has 1 saturated carbocycles. The molecule has 0 spiro atoms. The normalized spacial score (nSPS) is 17.7. The highest BCUT2D eigenvalue weighted by molar-refractivity contribution is 6.06. The second kappa shape index (κ2) is 8.92. The Hall–Kier alpha value is -4.18. The van der Waals surface area contributed by atoms with Crippen molar-refractivity contribution >= 4 is 23.2 Å². The molecular weight excluding hydrogens is 508 g/mol. The highest BCUT2D eigenvalue weighted by Crippen LogP contribution is 2.42. The highest BCUT2D eigenvalue weighted by atomic mass is 16.5. The predicted molar refractivity (Wildman–Crippen MR) is 150 cm³/mol. The van der Waals surface area contributed by atoms with E-state index < -0.39 is 0 Å². The minimum absolute atomic E-state index is 0.113. The van der Waals surface area contributed by atoms with Crippen LogP contribution in [0.15, 0.2) is 46.0 Å². The number of hydrogen-bond acceptors (Lipinski definition) is 7. The molecule has 4 aromatic heterocycles. The van der Waals surface area contributed by atoms with E-state index in [4.69, 9.17) is 4.52 Å². The Balaban J connectivity index is 1.23. The minimum Gasteiger partial charge on any atom is -0.392 e. The van der Waals surface area contributed by atoms with Crippen LogP contribution in [0.25, 0.3) is 11.1 Å². The van der Waals surface area contributed by atoms with Gasteiger partial charge in [0.25, 0.3) is 11.5 Å². The molecule has 2 N–H and O–H groups in total. The quantitative estimate of drug-likeness (QED) is 0.377. The first-order chi connectivity index (χ1) is 19.2. The summed E-state index contributed by atoms with van der Waals surface area (Å²) < 4.78 is 9.08. The molecule has 3 aliphatic rings. The van der Waals surface area contributed by atoms with Crippen LogP contribution in [-0.4, -0.2) is 36.8 Å². The van der Waals surface area contributed by atoms with Crippen molar-refractivity contribution in [2.75, 3.05) is 16.8 Å². The number of aromatic nitrogens is 4. The fraction of sp³-hybridized carbons (Fsp3) is 0.400. The molecule has 10 heteroatoms. The Kier molecular flexibility index (Phi) is 5.54. The van der Waals surface area contributed by atoms with E-state index in [2.05, 4.69) is 33.9 Å². The average Bonchev–Trinajstić information content (AvgIpc) is 3.47. The summed E-state index contributed by atoms with van der Waals surface area (Å²) in [6, 6.07) is 7.40. The smallest absolute Gasteiger partial charge is 0.276 e. The maximum Gasteiger partial charge on any atom is 0.276 e. The number of anilines is 3. The molecule has 0 bridgehead atoms. The van der Waals surface area contributed by atoms with Crippen molar-refractivity contribution in [1.82, 2.24) is 19.3 Å². The van der Waals surface area contributed by atoms with Crippen LogP contribution < -0.4 is 15.8 Å². The van der Waals surface area contributed by atoms with Gasteiger partial charge in [-0.1, -0.05) is 19.0 Å². The van der Waals surface area contributed by atoms with E-state index in [0.717, 1.165) is 31.4 Å². The fourth-order valence-electron chi connectivity index (χ4n) is 6.25. The molecule has 0 unspecified atom stereocenters. The van der Waals surface area contributed by atoms with Gasteiger partial charge in [-0.3, -0.25) is 14.5 Å². The SMILES string of the molecule is Cn1cc(-c2ccnc(N3CCn4c(cc5c4CC(C)(C)C5)C3=O)c2CO)cc(Nc2cc(C3CC3)on2)c1=O. The summed E-state index contributed by atoms with van der Waals surface area (Å²) in [5.41, 5.74) is 5.45. The average molecular weight is 541 g/mol. The number of aliphatic hydroxyl groups is 1. The van der Waals surface area contributed by atoms with E-state index in [1.54, 1.807) is 36.5 Å². The Morgan fingerprint density at radius 3 is 2.75 bits per heavy atom. The molecule has 1 fully saturated rings. The number of amides is 1. The third-order valence-corrected chi connectivity index (χ3v) is 8.34. The van der Waals surface area contributed by atoms with Crippen LogP contribution in [0, 0.1) is 5.41 Å². The summed E-state index contributed by atoms with van der Waals surface area (Å²) >= 11 is 0. The molecule has 0 saturated heterocycles. The van der Waals surface area contributed by atoms with Crippen molar-refractivity contribution < 1.29 is 14.4 Å². The van der Waals surface area contributed by atoms with Gasteiger partial charge in [-0.25, -0.2) is 4.98 Å². The van der Waals surface area contributed by atoms with Crippen LogP contribution in [0.3, 0.4) is 0 Å². The van der Waals surface area contributed by atoms with Gasteiger partial charge in [0, 0.05) is 61.3 Å². The van der Waals surface area contributed by atoms with Gasteiger partial charge in [-0.2, -0.15) is 0 Å². The maximum atomic E-state index is 13.7. The molecule has 1 amide bonds. The molecule has 0 aromatic carbocycles. The van der Waals surface area contributed by atoms with Crippen molar-refractivity contribution in [1.29, 1.82) is 0 Å². The Morgan fingerprint density at radius 1 is 1.15 bits per heavy atom. The first-order valence-electron chi connectivity index (χ1n) is 13.8. The summed E-state index contributed by atoms with van der Waals surface area (Å²) in [6.07, 6.45) is 7.47. The molecule has 40 heavy (non-hydrogen) atoms. The number of aryl methyl sites for hydroxylation is 1. The monoisotopic (exact) mass is 540 g/mol. The molecule has 206 valence electrons. The lowest BCUT2D eigenvalue weighted by Gasteiger charge is -2.31. The molecule has 10 nitrogen and oxygen atoms in total. The van der Waals surface area contributed by atoms with Gasteiger partial charge in [0.15, 0.2) is 5.82 Å². The highest BCUT2D eigenvalue weighted by Gasteiger charge is 2.37. The van der Waals surface area contributed by atoms with E-state index in [1.807, 2.05) is 12.1 Å². The van der Waals surface area contributed by atoms with E-state index in [9.17, 15) is 14.7 Å². The second-order valence-corrected chi connectivity index (χ2v) is 12.0. The fourth-order valence-corrected chi connectivity index (χ4v) is 6.25. The number of nitrogens with zero attached hydrogens (tertiary/aromatic N) is 5. The van der Waals surface area contributed by atoms with Crippen molar-refractivity contribution in [2.45, 2.75) is 58.6 Å². The lowest BCUT2D eigenvalue weighted by molar-refractivity contribution is 0.0962. The van der Waals surface area contributed by atoms with Gasteiger partial charge in [0.05, 0.1) is 6.61 Å². The number of carbonyl (C=O) groups is 1. The number of rotatable bonds is 6. The van der Waals surface area contributed by atoms with Crippen LogP contribution in [-0.2, 0) is 33.0 Å². The molecule has 5 heterocycles. The zero-order valence-corrected chi connectivity index (χ0v) is 22.9. The zero-order chi connectivity index (χ0) is 27.8. The van der Waals surface area contributed by atoms with E-state index in [1.165, 1.54) is 15.8 Å². The minimum atomic E-state index is -0.312. The second-order valence-electron chi connectivity index (χ2n) is 12.0. The summed E-state index contributed by atoms with van der Waals surface area (Å²) in [4.78, 5) is 32.9. The number of carbonyl (C=O) groups excluding carboxylic acids is 1. The van der Waals surface area contributed by atoms with Gasteiger partial charge >= 0.3 is 0 Å². The van der Waals surface area contributed by atoms with Gasteiger partial charge in [0.2, 0.25) is 0 Å². The third kappa shape index (κ3) is 4.05. The Morgan fingerprint density at radius 2 is 1.98 bits per heavy atom. The molecule has 7 rings (SSSR count). The van der Waals surface area contributed by atoms with Gasteiger partial charge in [-0.15, -0.1) is 0 Å². The van der Waals surface area contributed by atoms with Crippen LogP contribution in [0.1, 0.15) is 65.7 Å². The first kappa shape index (κ1) is 24.8. The zero-order valence-electron chi connectivity index (χ0n) is 22.9. The van der Waals surface area contributed by atoms with Crippen molar-refractivity contribution in [2.24, 2.45) is 12.5 Å². The summed E-state index contributed by atoms with van der Waals surface area (Å²) in [7, 11) is 1.68. The first-order valence-corrected chi connectivity index (χ1v) is 13.8. The number of hydrogen-bond donors (Lipinski definition) is 2. The number of pyridine rings is 2. The Bertz CT molecular complexity index is 1720. The third-order valence-electron chi connectivity index (χ3n) is 8.34. The number of fused-ring (bicyclic) bond motifs is 3. The van der Waals surface area contributed by atoms with Crippen LogP contribution >= 0.6 is 0 Å². The molecule has 0 radical (unpaired) electrons. The van der Waals surface area contributed by atoms with Gasteiger partial charge < -0.3 is 24.1 Å². The lowest BCUT2D eigenvalue weighted by atomic mass is 9.90. The van der Waals surface area contributed by atoms with E-state index in [0.29, 0.717) is 58.7 Å². The Labute approximate surface area is 231 Å². The molecule has 0 atom stereocenters. The van der Waals surface area contributed by atoms with Crippen LogP contribution in [0.5, 0.6) is 0 Å². The van der Waals surface area contributed by atoms with Crippen LogP contribution in [0.2, 0.25) is 0 Å².